The van der Waals surface area contributed by atoms with E-state index in [1.165, 1.54) is 18.5 Å². The van der Waals surface area contributed by atoms with Crippen molar-refractivity contribution in [3.63, 3.8) is 0 Å². The first-order valence-electron chi connectivity index (χ1n) is 7.26. The molecule has 1 heterocycles. The summed E-state index contributed by atoms with van der Waals surface area (Å²) in [5, 5.41) is 13.5. The summed E-state index contributed by atoms with van der Waals surface area (Å²) in [7, 11) is -4.47. The van der Waals surface area contributed by atoms with E-state index in [4.69, 9.17) is 16.2 Å². The van der Waals surface area contributed by atoms with Gasteiger partial charge in [-0.2, -0.15) is 18.8 Å². The number of nitrogens with one attached hydrogen (secondary N) is 1. The van der Waals surface area contributed by atoms with Gasteiger partial charge in [-0.05, 0) is 41.0 Å². The maximum Gasteiger partial charge on any atom is 0.357 e. The van der Waals surface area contributed by atoms with Crippen LogP contribution >= 0.6 is 11.6 Å². The molecule has 0 aliphatic rings. The Morgan fingerprint density at radius 3 is 2.73 bits per heavy atom. The molecule has 0 aliphatic heterocycles. The van der Waals surface area contributed by atoms with Crippen molar-refractivity contribution in [3.8, 4) is 17.2 Å². The number of nitrogens with zero attached hydrogens (tertiary/aromatic N) is 4. The Morgan fingerprint density at radius 2 is 2.08 bits per heavy atom. The van der Waals surface area contributed by atoms with E-state index in [1.807, 2.05) is 4.72 Å². The average molecular weight is 390 g/mol. The summed E-state index contributed by atoms with van der Waals surface area (Å²) in [6, 6.07) is 12.0. The molecule has 8 nitrogen and oxygen atoms in total. The van der Waals surface area contributed by atoms with Crippen molar-refractivity contribution in [2.24, 2.45) is 0 Å². The van der Waals surface area contributed by atoms with Gasteiger partial charge in [-0.3, -0.25) is 9.27 Å². The number of aromatic nitrogens is 3. The van der Waals surface area contributed by atoms with Gasteiger partial charge in [0.2, 0.25) is 0 Å². The van der Waals surface area contributed by atoms with Crippen LogP contribution in [0.3, 0.4) is 0 Å². The molecule has 0 aliphatic carbocycles. The number of benzene rings is 2. The number of hydrogen-bond donors (Lipinski definition) is 2. The monoisotopic (exact) mass is 389 g/mol. The topological polar surface area (TPSA) is 121 Å². The third-order valence-corrected chi connectivity index (χ3v) is 4.34. The van der Waals surface area contributed by atoms with E-state index in [0.29, 0.717) is 23.2 Å². The SMILES string of the molecule is N#Cc1ccc(Cn2cncn2)cc1-c1ccc(Cl)c(NS(=O)(=O)O)c1. The van der Waals surface area contributed by atoms with Crippen LogP contribution in [-0.2, 0) is 16.8 Å². The molecule has 10 heteroatoms. The fourth-order valence-electron chi connectivity index (χ4n) is 2.44. The van der Waals surface area contributed by atoms with Gasteiger partial charge >= 0.3 is 10.3 Å². The molecular formula is C16H12ClN5O3S. The molecule has 1 aromatic heterocycles. The second-order valence-corrected chi connectivity index (χ2v) is 6.92. The summed E-state index contributed by atoms with van der Waals surface area (Å²) in [6.45, 7) is 0.461. The number of rotatable bonds is 5. The molecule has 0 radical (unpaired) electrons. The van der Waals surface area contributed by atoms with Gasteiger partial charge < -0.3 is 0 Å². The van der Waals surface area contributed by atoms with Gasteiger partial charge in [-0.1, -0.05) is 23.7 Å². The highest BCUT2D eigenvalue weighted by Crippen LogP contribution is 2.31. The van der Waals surface area contributed by atoms with E-state index in [0.717, 1.165) is 5.56 Å². The lowest BCUT2D eigenvalue weighted by Crippen LogP contribution is -2.10. The molecule has 26 heavy (non-hydrogen) atoms. The van der Waals surface area contributed by atoms with E-state index < -0.39 is 10.3 Å². The molecule has 0 atom stereocenters. The smallest absolute Gasteiger partial charge is 0.269 e. The van der Waals surface area contributed by atoms with Gasteiger partial charge in [0.05, 0.1) is 28.9 Å². The van der Waals surface area contributed by atoms with Gasteiger partial charge in [-0.15, -0.1) is 0 Å². The molecule has 2 N–H and O–H groups in total. The first-order valence-corrected chi connectivity index (χ1v) is 9.08. The maximum atomic E-state index is 11.1. The zero-order chi connectivity index (χ0) is 18.7. The Morgan fingerprint density at radius 1 is 1.27 bits per heavy atom. The number of anilines is 1. The lowest BCUT2D eigenvalue weighted by atomic mass is 9.97. The van der Waals surface area contributed by atoms with Crippen molar-refractivity contribution in [3.05, 3.63) is 65.2 Å². The van der Waals surface area contributed by atoms with E-state index in [-0.39, 0.29) is 10.7 Å². The largest absolute Gasteiger partial charge is 0.357 e. The molecule has 132 valence electrons. The van der Waals surface area contributed by atoms with Crippen LogP contribution in [0.2, 0.25) is 5.02 Å². The van der Waals surface area contributed by atoms with E-state index in [2.05, 4.69) is 16.2 Å². The van der Waals surface area contributed by atoms with Crippen LogP contribution in [0.25, 0.3) is 11.1 Å². The summed E-state index contributed by atoms with van der Waals surface area (Å²) in [4.78, 5) is 3.88. The molecule has 0 fully saturated rings. The highest BCUT2D eigenvalue weighted by Gasteiger charge is 2.12. The molecule has 2 aromatic carbocycles. The van der Waals surface area contributed by atoms with Crippen LogP contribution in [0, 0.1) is 11.3 Å². The summed E-state index contributed by atoms with van der Waals surface area (Å²) >= 11 is 5.97. The van der Waals surface area contributed by atoms with Crippen LogP contribution in [-0.4, -0.2) is 27.7 Å². The van der Waals surface area contributed by atoms with E-state index in [1.54, 1.807) is 35.3 Å². The summed E-state index contributed by atoms with van der Waals surface area (Å²) in [5.41, 5.74) is 2.46. The van der Waals surface area contributed by atoms with Crippen molar-refractivity contribution < 1.29 is 13.0 Å². The van der Waals surface area contributed by atoms with Crippen LogP contribution in [0.5, 0.6) is 0 Å². The normalized spacial score (nSPS) is 11.1. The Labute approximate surface area is 154 Å². The zero-order valence-corrected chi connectivity index (χ0v) is 14.7. The van der Waals surface area contributed by atoms with Crippen molar-refractivity contribution >= 4 is 27.6 Å². The molecule has 3 aromatic rings. The van der Waals surface area contributed by atoms with Crippen molar-refractivity contribution in [2.75, 3.05) is 4.72 Å². The molecule has 0 saturated carbocycles. The first kappa shape index (κ1) is 17.9. The fourth-order valence-corrected chi connectivity index (χ4v) is 3.11. The van der Waals surface area contributed by atoms with Gasteiger partial charge in [0.1, 0.15) is 12.7 Å². The Hall–Kier alpha value is -2.93. The third kappa shape index (κ3) is 4.18. The highest BCUT2D eigenvalue weighted by molar-refractivity contribution is 7.87. The van der Waals surface area contributed by atoms with E-state index >= 15 is 0 Å². The molecule has 3 rings (SSSR count). The second-order valence-electron chi connectivity index (χ2n) is 5.36. The molecular weight excluding hydrogens is 378 g/mol. The summed E-state index contributed by atoms with van der Waals surface area (Å²) in [5.74, 6) is 0. The average Bonchev–Trinajstić information content (AvgIpc) is 3.08. The molecule has 0 amide bonds. The highest BCUT2D eigenvalue weighted by atomic mass is 35.5. The van der Waals surface area contributed by atoms with Gasteiger partial charge in [0.15, 0.2) is 0 Å². The standard InChI is InChI=1S/C16H12ClN5O3S/c17-15-4-3-12(6-16(15)21-26(23,24)25)14-5-11(1-2-13(14)7-18)8-22-10-19-9-20-22/h1-6,9-10,21H,8H2,(H,23,24,25). The summed E-state index contributed by atoms with van der Waals surface area (Å²) in [6.07, 6.45) is 3.01. The minimum Gasteiger partial charge on any atom is -0.269 e. The van der Waals surface area contributed by atoms with Crippen LogP contribution in [0.4, 0.5) is 5.69 Å². The van der Waals surface area contributed by atoms with Crippen molar-refractivity contribution in [2.45, 2.75) is 6.54 Å². The summed E-state index contributed by atoms with van der Waals surface area (Å²) < 4.78 is 34.7. The first-order chi connectivity index (χ1) is 12.4. The fraction of sp³-hybridized carbons (Fsp3) is 0.0625. The second kappa shape index (κ2) is 7.13. The third-order valence-electron chi connectivity index (χ3n) is 3.53. The molecule has 0 bridgehead atoms. The van der Waals surface area contributed by atoms with Crippen LogP contribution < -0.4 is 4.72 Å². The lowest BCUT2D eigenvalue weighted by Gasteiger charge is -2.11. The molecule has 0 unspecified atom stereocenters. The van der Waals surface area contributed by atoms with Crippen LogP contribution in [0.1, 0.15) is 11.1 Å². The zero-order valence-electron chi connectivity index (χ0n) is 13.2. The predicted molar refractivity (Wildman–Crippen MR) is 95.9 cm³/mol. The molecule has 0 saturated heterocycles. The number of hydrogen-bond acceptors (Lipinski definition) is 5. The number of nitriles is 1. The van der Waals surface area contributed by atoms with Crippen molar-refractivity contribution in [1.82, 2.24) is 14.8 Å². The van der Waals surface area contributed by atoms with Gasteiger partial charge in [-0.25, -0.2) is 9.67 Å². The lowest BCUT2D eigenvalue weighted by molar-refractivity contribution is 0.489. The van der Waals surface area contributed by atoms with Crippen molar-refractivity contribution in [1.29, 1.82) is 5.26 Å². The minimum absolute atomic E-state index is 0.0113. The van der Waals surface area contributed by atoms with Gasteiger partial charge in [0, 0.05) is 0 Å². The maximum absolute atomic E-state index is 11.1. The Bertz CT molecular complexity index is 1090. The molecule has 0 spiro atoms. The van der Waals surface area contributed by atoms with Gasteiger partial charge in [0.25, 0.3) is 0 Å². The van der Waals surface area contributed by atoms with E-state index in [9.17, 15) is 13.7 Å². The predicted octanol–water partition coefficient (Wildman–Crippen LogP) is 2.73. The van der Waals surface area contributed by atoms with Crippen LogP contribution in [0.15, 0.2) is 49.1 Å². The quantitative estimate of drug-likeness (QED) is 0.647. The minimum atomic E-state index is -4.47. The Kier molecular flexibility index (Phi) is 4.90. The number of halogens is 1. The Balaban J connectivity index is 2.04.